The Morgan fingerprint density at radius 1 is 0.963 bits per heavy atom. The van der Waals surface area contributed by atoms with Gasteiger partial charge in [-0.3, -0.25) is 0 Å². The maximum absolute atomic E-state index is 13.1. The molecule has 1 saturated heterocycles. The van der Waals surface area contributed by atoms with Crippen LogP contribution in [0.1, 0.15) is 62.5 Å². The molecule has 2 amide bonds. The van der Waals surface area contributed by atoms with Gasteiger partial charge in [-0.1, -0.05) is 36.4 Å². The maximum Gasteiger partial charge on any atom is 0.317 e. The smallest absolute Gasteiger partial charge is 0.317 e. The van der Waals surface area contributed by atoms with Crippen LogP contribution in [0.4, 0.5) is 4.79 Å². The molecule has 0 atom stereocenters. The molecule has 1 aromatic carbocycles. The van der Waals surface area contributed by atoms with Crippen molar-refractivity contribution in [3.63, 3.8) is 0 Å². The highest BCUT2D eigenvalue weighted by Gasteiger charge is 2.52. The standard InChI is InChI=1S/C24H30N2O/c27-22(25-24-14-17-11-18(15-24)13-19(12-17)16-24)26-9-7-23(8-10-26)6-5-20-3-1-2-4-21(20)23/h1-6,17-19H,7-16H2,(H,25,27). The first kappa shape index (κ1) is 16.2. The Bertz CT molecular complexity index is 767. The lowest BCUT2D eigenvalue weighted by Crippen LogP contribution is -2.62. The molecule has 4 bridgehead atoms. The molecule has 5 fully saturated rings. The molecule has 3 heteroatoms. The first-order valence-electron chi connectivity index (χ1n) is 11.0. The minimum absolute atomic E-state index is 0.126. The fourth-order valence-corrected chi connectivity index (χ4v) is 7.55. The van der Waals surface area contributed by atoms with Crippen LogP contribution in [-0.4, -0.2) is 29.6 Å². The topological polar surface area (TPSA) is 32.3 Å². The largest absolute Gasteiger partial charge is 0.333 e. The summed E-state index contributed by atoms with van der Waals surface area (Å²) in [6.45, 7) is 1.74. The summed E-state index contributed by atoms with van der Waals surface area (Å²) in [5, 5.41) is 3.56. The van der Waals surface area contributed by atoms with E-state index in [2.05, 4.69) is 46.6 Å². The molecule has 142 valence electrons. The van der Waals surface area contributed by atoms with Gasteiger partial charge in [0.2, 0.25) is 0 Å². The third-order valence-corrected chi connectivity index (χ3v) is 8.43. The van der Waals surface area contributed by atoms with Gasteiger partial charge >= 0.3 is 6.03 Å². The number of benzene rings is 1. The van der Waals surface area contributed by atoms with Gasteiger partial charge in [-0.05, 0) is 80.2 Å². The Balaban J connectivity index is 1.14. The maximum atomic E-state index is 13.1. The lowest BCUT2D eigenvalue weighted by molar-refractivity contribution is -0.0161. The van der Waals surface area contributed by atoms with E-state index in [1.807, 2.05) is 0 Å². The first-order valence-corrected chi connectivity index (χ1v) is 11.0. The van der Waals surface area contributed by atoms with E-state index in [9.17, 15) is 4.79 Å². The van der Waals surface area contributed by atoms with Gasteiger partial charge in [-0.25, -0.2) is 4.79 Å². The second-order valence-corrected chi connectivity index (χ2v) is 10.2. The van der Waals surface area contributed by atoms with Crippen LogP contribution >= 0.6 is 0 Å². The van der Waals surface area contributed by atoms with Gasteiger partial charge in [0.15, 0.2) is 0 Å². The zero-order valence-corrected chi connectivity index (χ0v) is 16.1. The van der Waals surface area contributed by atoms with Gasteiger partial charge in [0.05, 0.1) is 0 Å². The van der Waals surface area contributed by atoms with E-state index in [1.165, 1.54) is 49.7 Å². The van der Waals surface area contributed by atoms with Crippen molar-refractivity contribution >= 4 is 12.1 Å². The quantitative estimate of drug-likeness (QED) is 0.770. The average molecular weight is 363 g/mol. The number of nitrogens with one attached hydrogen (secondary N) is 1. The summed E-state index contributed by atoms with van der Waals surface area (Å²) in [4.78, 5) is 15.2. The minimum Gasteiger partial charge on any atom is -0.333 e. The van der Waals surface area contributed by atoms with Crippen molar-refractivity contribution in [2.75, 3.05) is 13.1 Å². The monoisotopic (exact) mass is 362 g/mol. The molecule has 4 saturated carbocycles. The molecule has 7 rings (SSSR count). The van der Waals surface area contributed by atoms with Crippen LogP contribution in [0, 0.1) is 17.8 Å². The summed E-state index contributed by atoms with van der Waals surface area (Å²) in [6, 6.07) is 8.98. The molecule has 27 heavy (non-hydrogen) atoms. The molecule has 1 aromatic rings. The van der Waals surface area contributed by atoms with E-state index < -0.39 is 0 Å². The van der Waals surface area contributed by atoms with E-state index in [1.54, 1.807) is 0 Å². The summed E-state index contributed by atoms with van der Waals surface area (Å²) in [5.74, 6) is 2.63. The van der Waals surface area contributed by atoms with Crippen molar-refractivity contribution in [2.45, 2.75) is 62.3 Å². The molecule has 0 unspecified atom stereocenters. The molecule has 3 nitrogen and oxygen atoms in total. The van der Waals surface area contributed by atoms with Crippen LogP contribution in [0.15, 0.2) is 30.3 Å². The van der Waals surface area contributed by atoms with Gasteiger partial charge in [-0.2, -0.15) is 0 Å². The molecule has 5 aliphatic carbocycles. The number of allylic oxidation sites excluding steroid dienone is 1. The lowest BCUT2D eigenvalue weighted by atomic mass is 9.53. The molecule has 0 aromatic heterocycles. The van der Waals surface area contributed by atoms with Crippen LogP contribution in [-0.2, 0) is 5.41 Å². The summed E-state index contributed by atoms with van der Waals surface area (Å²) in [6.07, 6.45) is 14.7. The van der Waals surface area contributed by atoms with Crippen molar-refractivity contribution in [3.05, 3.63) is 41.5 Å². The van der Waals surface area contributed by atoms with Gasteiger partial charge in [-0.15, -0.1) is 0 Å². The predicted molar refractivity (Wildman–Crippen MR) is 107 cm³/mol. The number of hydrogen-bond acceptors (Lipinski definition) is 1. The highest BCUT2D eigenvalue weighted by atomic mass is 16.2. The number of amides is 2. The highest BCUT2D eigenvalue weighted by molar-refractivity contribution is 5.76. The van der Waals surface area contributed by atoms with E-state index >= 15 is 0 Å². The van der Waals surface area contributed by atoms with E-state index in [0.717, 1.165) is 43.7 Å². The van der Waals surface area contributed by atoms with Gasteiger partial charge in [0.1, 0.15) is 0 Å². The second-order valence-electron chi connectivity index (χ2n) is 10.2. The third kappa shape index (κ3) is 2.50. The number of rotatable bonds is 1. The average Bonchev–Trinajstić information content (AvgIpc) is 2.99. The zero-order valence-electron chi connectivity index (χ0n) is 16.1. The summed E-state index contributed by atoms with van der Waals surface area (Å²) in [7, 11) is 0. The van der Waals surface area contributed by atoms with E-state index in [-0.39, 0.29) is 17.0 Å². The Hall–Kier alpha value is -1.77. The number of carbonyl (C=O) groups excluding carboxylic acids is 1. The molecule has 1 N–H and O–H groups in total. The van der Waals surface area contributed by atoms with Crippen LogP contribution in [0.25, 0.3) is 6.08 Å². The molecule has 6 aliphatic rings. The van der Waals surface area contributed by atoms with Gasteiger partial charge < -0.3 is 10.2 Å². The van der Waals surface area contributed by atoms with Gasteiger partial charge in [0.25, 0.3) is 0 Å². The second kappa shape index (κ2) is 5.62. The number of urea groups is 1. The molecule has 1 spiro atoms. The van der Waals surface area contributed by atoms with Crippen LogP contribution < -0.4 is 5.32 Å². The summed E-state index contributed by atoms with van der Waals surface area (Å²) in [5.41, 5.74) is 3.12. The Labute approximate surface area is 162 Å². The van der Waals surface area contributed by atoms with Crippen molar-refractivity contribution in [1.29, 1.82) is 0 Å². The number of piperidine rings is 1. The molecular weight excluding hydrogens is 332 g/mol. The number of likely N-dealkylation sites (tertiary alicyclic amines) is 1. The fourth-order valence-electron chi connectivity index (χ4n) is 7.55. The Kier molecular flexibility index (Phi) is 3.37. The normalized spacial score (nSPS) is 37.6. The SMILES string of the molecule is O=C(NC12CC3CC(CC(C3)C1)C2)N1CCC2(C=Cc3ccccc32)CC1. The number of hydrogen-bond donors (Lipinski definition) is 1. The predicted octanol–water partition coefficient (Wildman–Crippen LogP) is 4.73. The summed E-state index contributed by atoms with van der Waals surface area (Å²) >= 11 is 0. The van der Waals surface area contributed by atoms with Crippen molar-refractivity contribution in [2.24, 2.45) is 17.8 Å². The van der Waals surface area contributed by atoms with Crippen molar-refractivity contribution in [1.82, 2.24) is 10.2 Å². The van der Waals surface area contributed by atoms with E-state index in [4.69, 9.17) is 0 Å². The molecule has 1 aliphatic heterocycles. The van der Waals surface area contributed by atoms with Crippen molar-refractivity contribution in [3.8, 4) is 0 Å². The highest BCUT2D eigenvalue weighted by Crippen LogP contribution is 2.55. The Morgan fingerprint density at radius 3 is 2.26 bits per heavy atom. The lowest BCUT2D eigenvalue weighted by Gasteiger charge is -2.57. The van der Waals surface area contributed by atoms with Crippen molar-refractivity contribution < 1.29 is 4.79 Å². The first-order chi connectivity index (χ1) is 13.1. The zero-order chi connectivity index (χ0) is 18.1. The van der Waals surface area contributed by atoms with Crippen LogP contribution in [0.5, 0.6) is 0 Å². The Morgan fingerprint density at radius 2 is 1.59 bits per heavy atom. The number of nitrogens with zero attached hydrogens (tertiary/aromatic N) is 1. The summed E-state index contributed by atoms with van der Waals surface area (Å²) < 4.78 is 0. The fraction of sp³-hybridized carbons (Fsp3) is 0.625. The van der Waals surface area contributed by atoms with E-state index in [0.29, 0.717) is 0 Å². The molecule has 0 radical (unpaired) electrons. The molecular formula is C24H30N2O. The van der Waals surface area contributed by atoms with Crippen LogP contribution in [0.3, 0.4) is 0 Å². The van der Waals surface area contributed by atoms with Crippen LogP contribution in [0.2, 0.25) is 0 Å². The molecule has 1 heterocycles. The van der Waals surface area contributed by atoms with Gasteiger partial charge in [0, 0.05) is 24.0 Å². The third-order valence-electron chi connectivity index (χ3n) is 8.43. The number of carbonyl (C=O) groups is 1. The minimum atomic E-state index is 0.126. The number of fused-ring (bicyclic) bond motifs is 2.